The highest BCUT2D eigenvalue weighted by molar-refractivity contribution is 6.30. The first kappa shape index (κ1) is 12.7. The molecule has 17 heavy (non-hydrogen) atoms. The highest BCUT2D eigenvalue weighted by Crippen LogP contribution is 2.39. The third-order valence-electron chi connectivity index (χ3n) is 3.96. The van der Waals surface area contributed by atoms with Crippen LogP contribution in [-0.4, -0.2) is 0 Å². The molecule has 1 aromatic carbocycles. The first-order valence-electron chi connectivity index (χ1n) is 6.52. The van der Waals surface area contributed by atoms with Gasteiger partial charge >= 0.3 is 0 Å². The van der Waals surface area contributed by atoms with Crippen molar-refractivity contribution in [2.45, 2.75) is 39.5 Å². The van der Waals surface area contributed by atoms with Crippen LogP contribution in [0.5, 0.6) is 0 Å². The van der Waals surface area contributed by atoms with Crippen molar-refractivity contribution in [1.82, 2.24) is 0 Å². The third kappa shape index (κ3) is 3.61. The largest absolute Gasteiger partial charge is 0.0843 e. The van der Waals surface area contributed by atoms with Crippen molar-refractivity contribution in [2.24, 2.45) is 11.3 Å². The number of benzene rings is 1. The van der Waals surface area contributed by atoms with E-state index >= 15 is 0 Å². The van der Waals surface area contributed by atoms with Gasteiger partial charge in [-0.15, -0.1) is 0 Å². The number of hydrogen-bond donors (Lipinski definition) is 0. The predicted molar refractivity (Wildman–Crippen MR) is 76.2 cm³/mol. The van der Waals surface area contributed by atoms with E-state index in [1.807, 2.05) is 12.1 Å². The summed E-state index contributed by atoms with van der Waals surface area (Å²) in [6.07, 6.45) is 9.99. The molecule has 0 nitrogen and oxygen atoms in total. The van der Waals surface area contributed by atoms with Gasteiger partial charge in [-0.2, -0.15) is 0 Å². The lowest BCUT2D eigenvalue weighted by molar-refractivity contribution is 0.234. The Hall–Kier alpha value is -0.750. The SMILES string of the molecule is CC1CCC(C)(/C=C/c2ccc(Cl)cc2)CC1. The third-order valence-corrected chi connectivity index (χ3v) is 4.22. The Morgan fingerprint density at radius 3 is 2.35 bits per heavy atom. The molecule has 1 aromatic rings. The topological polar surface area (TPSA) is 0 Å². The van der Waals surface area contributed by atoms with E-state index in [1.54, 1.807) is 0 Å². The molecule has 0 saturated heterocycles. The molecule has 92 valence electrons. The molecular weight excluding hydrogens is 228 g/mol. The van der Waals surface area contributed by atoms with E-state index < -0.39 is 0 Å². The minimum Gasteiger partial charge on any atom is -0.0843 e. The molecule has 0 unspecified atom stereocenters. The Kier molecular flexibility index (Phi) is 3.93. The summed E-state index contributed by atoms with van der Waals surface area (Å²) in [5.74, 6) is 0.909. The van der Waals surface area contributed by atoms with Crippen LogP contribution in [0.2, 0.25) is 5.02 Å². The number of halogens is 1. The van der Waals surface area contributed by atoms with Crippen molar-refractivity contribution in [3.63, 3.8) is 0 Å². The average Bonchev–Trinajstić information content (AvgIpc) is 2.33. The molecule has 0 aromatic heterocycles. The summed E-state index contributed by atoms with van der Waals surface area (Å²) < 4.78 is 0. The molecule has 0 amide bonds. The minimum atomic E-state index is 0.395. The molecule has 2 rings (SSSR count). The van der Waals surface area contributed by atoms with Gasteiger partial charge in [0.15, 0.2) is 0 Å². The zero-order valence-corrected chi connectivity index (χ0v) is 11.5. The Morgan fingerprint density at radius 1 is 1.18 bits per heavy atom. The predicted octanol–water partition coefficient (Wildman–Crippen LogP) is 5.57. The molecule has 0 aliphatic heterocycles. The smallest absolute Gasteiger partial charge is 0.0406 e. The minimum absolute atomic E-state index is 0.395. The maximum Gasteiger partial charge on any atom is 0.0406 e. The molecule has 0 spiro atoms. The van der Waals surface area contributed by atoms with Crippen molar-refractivity contribution in [3.05, 3.63) is 40.9 Å². The Balaban J connectivity index is 2.02. The second-order valence-electron chi connectivity index (χ2n) is 5.72. The van der Waals surface area contributed by atoms with Gasteiger partial charge in [-0.1, -0.05) is 49.7 Å². The fourth-order valence-corrected chi connectivity index (χ4v) is 2.59. The average molecular weight is 249 g/mol. The number of allylic oxidation sites excluding steroid dienone is 1. The van der Waals surface area contributed by atoms with E-state index in [4.69, 9.17) is 11.6 Å². The lowest BCUT2D eigenvalue weighted by atomic mass is 9.72. The molecular formula is C16H21Cl. The molecule has 1 heteroatoms. The van der Waals surface area contributed by atoms with E-state index in [0.717, 1.165) is 10.9 Å². The summed E-state index contributed by atoms with van der Waals surface area (Å²) in [6, 6.07) is 8.06. The molecule has 1 aliphatic rings. The van der Waals surface area contributed by atoms with Gasteiger partial charge in [0.05, 0.1) is 0 Å². The van der Waals surface area contributed by atoms with Crippen LogP contribution in [0.1, 0.15) is 45.1 Å². The molecule has 0 heterocycles. The van der Waals surface area contributed by atoms with Gasteiger partial charge in [0.25, 0.3) is 0 Å². The fraction of sp³-hybridized carbons (Fsp3) is 0.500. The summed E-state index contributed by atoms with van der Waals surface area (Å²) in [5.41, 5.74) is 1.64. The second-order valence-corrected chi connectivity index (χ2v) is 6.16. The zero-order chi connectivity index (χ0) is 12.3. The van der Waals surface area contributed by atoms with Crippen LogP contribution < -0.4 is 0 Å². The van der Waals surface area contributed by atoms with Crippen molar-refractivity contribution >= 4 is 17.7 Å². The van der Waals surface area contributed by atoms with E-state index in [2.05, 4.69) is 38.1 Å². The van der Waals surface area contributed by atoms with Gasteiger partial charge in [-0.25, -0.2) is 0 Å². The number of hydrogen-bond acceptors (Lipinski definition) is 0. The van der Waals surface area contributed by atoms with Gasteiger partial charge in [0, 0.05) is 5.02 Å². The molecule has 1 aliphatic carbocycles. The maximum atomic E-state index is 5.88. The summed E-state index contributed by atoms with van der Waals surface area (Å²) in [6.45, 7) is 4.74. The highest BCUT2D eigenvalue weighted by atomic mass is 35.5. The first-order valence-corrected chi connectivity index (χ1v) is 6.90. The standard InChI is InChI=1S/C16H21Cl/c1-13-7-10-16(2,11-8-13)12-9-14-3-5-15(17)6-4-14/h3-6,9,12-13H,7-8,10-11H2,1-2H3/b12-9+. The molecule has 1 fully saturated rings. The van der Waals surface area contributed by atoms with Crippen LogP contribution in [-0.2, 0) is 0 Å². The van der Waals surface area contributed by atoms with Crippen molar-refractivity contribution < 1.29 is 0 Å². The zero-order valence-electron chi connectivity index (χ0n) is 10.7. The fourth-order valence-electron chi connectivity index (χ4n) is 2.46. The number of rotatable bonds is 2. The quantitative estimate of drug-likeness (QED) is 0.642. The second kappa shape index (κ2) is 5.27. The van der Waals surface area contributed by atoms with Crippen LogP contribution in [0.4, 0.5) is 0 Å². The molecule has 0 N–H and O–H groups in total. The Bertz CT molecular complexity index is 380. The van der Waals surface area contributed by atoms with Crippen LogP contribution >= 0.6 is 11.6 Å². The summed E-state index contributed by atoms with van der Waals surface area (Å²) in [7, 11) is 0. The Labute approximate surface area is 110 Å². The molecule has 0 radical (unpaired) electrons. The Morgan fingerprint density at radius 2 is 1.76 bits per heavy atom. The van der Waals surface area contributed by atoms with Crippen LogP contribution in [0, 0.1) is 11.3 Å². The lowest BCUT2D eigenvalue weighted by Gasteiger charge is -2.33. The van der Waals surface area contributed by atoms with E-state index in [1.165, 1.54) is 31.2 Å². The van der Waals surface area contributed by atoms with Crippen molar-refractivity contribution in [1.29, 1.82) is 0 Å². The van der Waals surface area contributed by atoms with E-state index in [0.29, 0.717) is 5.41 Å². The molecule has 0 atom stereocenters. The molecule has 0 bridgehead atoms. The highest BCUT2D eigenvalue weighted by Gasteiger charge is 2.26. The monoisotopic (exact) mass is 248 g/mol. The normalized spacial score (nSPS) is 29.7. The van der Waals surface area contributed by atoms with Gasteiger partial charge in [0.1, 0.15) is 0 Å². The van der Waals surface area contributed by atoms with Gasteiger partial charge in [0.2, 0.25) is 0 Å². The van der Waals surface area contributed by atoms with Crippen molar-refractivity contribution in [3.8, 4) is 0 Å². The summed E-state index contributed by atoms with van der Waals surface area (Å²) in [4.78, 5) is 0. The van der Waals surface area contributed by atoms with Crippen LogP contribution in [0.25, 0.3) is 6.08 Å². The lowest BCUT2D eigenvalue weighted by Crippen LogP contribution is -2.20. The summed E-state index contributed by atoms with van der Waals surface area (Å²) >= 11 is 5.88. The van der Waals surface area contributed by atoms with Crippen molar-refractivity contribution in [2.75, 3.05) is 0 Å². The molecule has 1 saturated carbocycles. The maximum absolute atomic E-state index is 5.88. The van der Waals surface area contributed by atoms with Gasteiger partial charge in [-0.05, 0) is 54.7 Å². The van der Waals surface area contributed by atoms with Crippen LogP contribution in [0.15, 0.2) is 30.3 Å². The van der Waals surface area contributed by atoms with Gasteiger partial charge < -0.3 is 0 Å². The summed E-state index contributed by atoms with van der Waals surface area (Å²) in [5, 5.41) is 0.805. The van der Waals surface area contributed by atoms with E-state index in [-0.39, 0.29) is 0 Å². The van der Waals surface area contributed by atoms with Gasteiger partial charge in [-0.3, -0.25) is 0 Å². The first-order chi connectivity index (χ1) is 8.07. The van der Waals surface area contributed by atoms with E-state index in [9.17, 15) is 0 Å². The van der Waals surface area contributed by atoms with Crippen LogP contribution in [0.3, 0.4) is 0 Å².